The average molecular weight is 179 g/mol. The van der Waals surface area contributed by atoms with Gasteiger partial charge in [-0.15, -0.1) is 0 Å². The predicted octanol–water partition coefficient (Wildman–Crippen LogP) is 3.28. The van der Waals surface area contributed by atoms with Gasteiger partial charge in [-0.05, 0) is 38.2 Å². The maximum absolute atomic E-state index is 8.74. The molecule has 0 radical (unpaired) electrons. The predicted molar refractivity (Wildman–Crippen MR) is 55.2 cm³/mol. The summed E-state index contributed by atoms with van der Waals surface area (Å²) in [6.07, 6.45) is 8.23. The number of rotatable bonds is 3. The number of allylic oxidation sites excluding steroid dienone is 4. The van der Waals surface area contributed by atoms with Crippen LogP contribution in [0, 0.1) is 0 Å². The van der Waals surface area contributed by atoms with E-state index in [4.69, 9.17) is 5.21 Å². The van der Waals surface area contributed by atoms with E-state index in [0.717, 1.165) is 31.4 Å². The van der Waals surface area contributed by atoms with E-state index in [1.807, 2.05) is 0 Å². The van der Waals surface area contributed by atoms with Crippen LogP contribution < -0.4 is 0 Å². The molecule has 0 bridgehead atoms. The first-order valence-corrected chi connectivity index (χ1v) is 4.84. The van der Waals surface area contributed by atoms with E-state index in [9.17, 15) is 0 Å². The van der Waals surface area contributed by atoms with Crippen molar-refractivity contribution in [1.29, 1.82) is 0 Å². The molecule has 0 aromatic heterocycles. The molecule has 0 aromatic rings. The van der Waals surface area contributed by atoms with E-state index in [0.29, 0.717) is 0 Å². The lowest BCUT2D eigenvalue weighted by Crippen LogP contribution is -1.96. The van der Waals surface area contributed by atoms with E-state index in [1.54, 1.807) is 0 Å². The molecule has 0 atom stereocenters. The van der Waals surface area contributed by atoms with Crippen LogP contribution in [0.2, 0.25) is 0 Å². The Morgan fingerprint density at radius 1 is 1.38 bits per heavy atom. The zero-order chi connectivity index (χ0) is 9.68. The summed E-state index contributed by atoms with van der Waals surface area (Å²) < 4.78 is 0. The van der Waals surface area contributed by atoms with Crippen LogP contribution in [0.25, 0.3) is 0 Å². The fourth-order valence-corrected chi connectivity index (χ4v) is 1.62. The lowest BCUT2D eigenvalue weighted by atomic mass is 10.1. The van der Waals surface area contributed by atoms with Gasteiger partial charge in [0.05, 0.1) is 5.71 Å². The fourth-order valence-electron chi connectivity index (χ4n) is 1.62. The highest BCUT2D eigenvalue weighted by Crippen LogP contribution is 2.26. The highest BCUT2D eigenvalue weighted by atomic mass is 16.4. The summed E-state index contributed by atoms with van der Waals surface area (Å²) in [5.74, 6) is 0. The van der Waals surface area contributed by atoms with Gasteiger partial charge in [-0.1, -0.05) is 29.8 Å². The van der Waals surface area contributed by atoms with Crippen LogP contribution in [0.1, 0.15) is 39.5 Å². The van der Waals surface area contributed by atoms with Crippen LogP contribution in [-0.4, -0.2) is 10.9 Å². The summed E-state index contributed by atoms with van der Waals surface area (Å²) in [5.41, 5.74) is 3.47. The first kappa shape index (κ1) is 10.0. The van der Waals surface area contributed by atoms with Crippen molar-refractivity contribution in [3.05, 3.63) is 23.3 Å². The Morgan fingerprint density at radius 3 is 2.77 bits per heavy atom. The quantitative estimate of drug-likeness (QED) is 0.402. The summed E-state index contributed by atoms with van der Waals surface area (Å²) in [4.78, 5) is 0. The molecule has 13 heavy (non-hydrogen) atoms. The van der Waals surface area contributed by atoms with Gasteiger partial charge in [-0.2, -0.15) is 0 Å². The summed E-state index contributed by atoms with van der Waals surface area (Å²) >= 11 is 0. The summed E-state index contributed by atoms with van der Waals surface area (Å²) in [6.45, 7) is 4.24. The monoisotopic (exact) mass is 179 g/mol. The largest absolute Gasteiger partial charge is 0.411 e. The van der Waals surface area contributed by atoms with Crippen molar-refractivity contribution in [3.8, 4) is 0 Å². The van der Waals surface area contributed by atoms with Crippen molar-refractivity contribution in [3.63, 3.8) is 0 Å². The van der Waals surface area contributed by atoms with Crippen molar-refractivity contribution in [2.45, 2.75) is 39.5 Å². The smallest absolute Gasteiger partial charge is 0.0833 e. The fraction of sp³-hybridized carbons (Fsp3) is 0.545. The van der Waals surface area contributed by atoms with Gasteiger partial charge < -0.3 is 5.21 Å². The van der Waals surface area contributed by atoms with E-state index < -0.39 is 0 Å². The molecule has 2 heteroatoms. The maximum Gasteiger partial charge on any atom is 0.0833 e. The third kappa shape index (κ3) is 2.44. The third-order valence-corrected chi connectivity index (χ3v) is 2.45. The third-order valence-electron chi connectivity index (χ3n) is 2.45. The van der Waals surface area contributed by atoms with Crippen LogP contribution >= 0.6 is 0 Å². The highest BCUT2D eigenvalue weighted by Gasteiger charge is 2.17. The number of nitrogens with zero attached hydrogens (tertiary/aromatic N) is 1. The lowest BCUT2D eigenvalue weighted by molar-refractivity contribution is 0.318. The van der Waals surface area contributed by atoms with E-state index in [1.165, 1.54) is 11.1 Å². The van der Waals surface area contributed by atoms with Gasteiger partial charge in [0.2, 0.25) is 0 Å². The van der Waals surface area contributed by atoms with Crippen LogP contribution in [0.5, 0.6) is 0 Å². The van der Waals surface area contributed by atoms with Gasteiger partial charge in [0.15, 0.2) is 0 Å². The Kier molecular flexibility index (Phi) is 3.74. The normalized spacial score (nSPS) is 20.9. The van der Waals surface area contributed by atoms with Gasteiger partial charge in [0, 0.05) is 0 Å². The Labute approximate surface area is 79.6 Å². The maximum atomic E-state index is 8.74. The Hall–Kier alpha value is -1.05. The average Bonchev–Trinajstić information content (AvgIpc) is 2.48. The summed E-state index contributed by atoms with van der Waals surface area (Å²) in [6, 6.07) is 0. The molecule has 72 valence electrons. The molecule has 0 heterocycles. The standard InChI is InChI=1S/C11H17NO/c1-3-4-5-6-10-9(2)7-8-11(10)12-13/h4-5,13H,3,6-8H2,1-2H3/b5-4+,12-11-. The molecule has 1 aliphatic carbocycles. The second-order valence-electron chi connectivity index (χ2n) is 3.39. The SMILES string of the molecule is CC/C=C/CC1=C(C)CC/C1=N/O. The van der Waals surface area contributed by atoms with E-state index in [2.05, 4.69) is 31.2 Å². The van der Waals surface area contributed by atoms with Gasteiger partial charge in [-0.3, -0.25) is 0 Å². The zero-order valence-electron chi connectivity index (χ0n) is 8.38. The Bertz CT molecular complexity index is 261. The van der Waals surface area contributed by atoms with Crippen LogP contribution in [0.15, 0.2) is 28.5 Å². The molecule has 0 spiro atoms. The molecule has 0 saturated carbocycles. The van der Waals surface area contributed by atoms with Crippen molar-refractivity contribution < 1.29 is 5.21 Å². The molecule has 2 nitrogen and oxygen atoms in total. The molecule has 1 N–H and O–H groups in total. The zero-order valence-corrected chi connectivity index (χ0v) is 8.38. The number of hydrogen-bond donors (Lipinski definition) is 1. The van der Waals surface area contributed by atoms with Crippen molar-refractivity contribution in [2.75, 3.05) is 0 Å². The van der Waals surface area contributed by atoms with Gasteiger partial charge in [0.25, 0.3) is 0 Å². The minimum absolute atomic E-state index is 0.873. The molecule has 0 saturated heterocycles. The topological polar surface area (TPSA) is 32.6 Å². The first-order chi connectivity index (χ1) is 6.29. The van der Waals surface area contributed by atoms with Crippen molar-refractivity contribution >= 4 is 5.71 Å². The number of oxime groups is 1. The van der Waals surface area contributed by atoms with E-state index >= 15 is 0 Å². The minimum atomic E-state index is 0.873. The van der Waals surface area contributed by atoms with Crippen LogP contribution in [0.3, 0.4) is 0 Å². The summed E-state index contributed by atoms with van der Waals surface area (Å²) in [7, 11) is 0. The minimum Gasteiger partial charge on any atom is -0.411 e. The van der Waals surface area contributed by atoms with Crippen LogP contribution in [0.4, 0.5) is 0 Å². The lowest BCUT2D eigenvalue weighted by Gasteiger charge is -1.99. The molecule has 1 aliphatic rings. The number of hydrogen-bond acceptors (Lipinski definition) is 2. The molecule has 0 fully saturated rings. The highest BCUT2D eigenvalue weighted by molar-refractivity contribution is 6.02. The molecular weight excluding hydrogens is 162 g/mol. The Morgan fingerprint density at radius 2 is 2.15 bits per heavy atom. The van der Waals surface area contributed by atoms with E-state index in [-0.39, 0.29) is 0 Å². The Balaban J connectivity index is 2.65. The molecular formula is C11H17NO. The molecule has 0 aliphatic heterocycles. The second-order valence-corrected chi connectivity index (χ2v) is 3.39. The molecule has 0 aromatic carbocycles. The van der Waals surface area contributed by atoms with Gasteiger partial charge in [-0.25, -0.2) is 0 Å². The van der Waals surface area contributed by atoms with Crippen LogP contribution in [-0.2, 0) is 0 Å². The summed E-state index contributed by atoms with van der Waals surface area (Å²) in [5, 5.41) is 12.1. The van der Waals surface area contributed by atoms with Crippen molar-refractivity contribution in [1.82, 2.24) is 0 Å². The molecule has 1 rings (SSSR count). The first-order valence-electron chi connectivity index (χ1n) is 4.84. The van der Waals surface area contributed by atoms with Gasteiger partial charge in [0.1, 0.15) is 0 Å². The van der Waals surface area contributed by atoms with Gasteiger partial charge >= 0.3 is 0 Å². The molecule has 0 amide bonds. The van der Waals surface area contributed by atoms with Crippen molar-refractivity contribution in [2.24, 2.45) is 5.16 Å². The second kappa shape index (κ2) is 4.85. The molecule has 0 unspecified atom stereocenters.